The summed E-state index contributed by atoms with van der Waals surface area (Å²) in [5.41, 5.74) is 2.42. The highest BCUT2D eigenvalue weighted by molar-refractivity contribution is 5.56. The predicted octanol–water partition coefficient (Wildman–Crippen LogP) is 1.90. The van der Waals surface area contributed by atoms with Crippen molar-refractivity contribution in [2.45, 2.75) is 46.6 Å². The molecule has 0 saturated carbocycles. The lowest BCUT2D eigenvalue weighted by atomic mass is 10.0. The van der Waals surface area contributed by atoms with Crippen molar-refractivity contribution < 1.29 is 5.11 Å². The molecule has 2 atom stereocenters. The molecule has 0 bridgehead atoms. The van der Waals surface area contributed by atoms with E-state index in [4.69, 9.17) is 5.11 Å². The van der Waals surface area contributed by atoms with Crippen LogP contribution in [0.3, 0.4) is 0 Å². The van der Waals surface area contributed by atoms with Crippen LogP contribution in [0.25, 0.3) is 0 Å². The lowest BCUT2D eigenvalue weighted by molar-refractivity contribution is 0.226. The number of hydrogen-bond acceptors (Lipinski definition) is 5. The molecule has 19 heavy (non-hydrogen) atoms. The number of nitrogens with zero attached hydrogens (tertiary/aromatic N) is 3. The van der Waals surface area contributed by atoms with Crippen molar-refractivity contribution in [2.24, 2.45) is 5.92 Å². The van der Waals surface area contributed by atoms with Crippen LogP contribution in [-0.2, 0) is 12.8 Å². The molecule has 0 aromatic carbocycles. The maximum absolute atomic E-state index is 9.35. The zero-order valence-corrected chi connectivity index (χ0v) is 12.1. The van der Waals surface area contributed by atoms with E-state index >= 15 is 0 Å². The number of nitrogens with one attached hydrogen (secondary N) is 1. The summed E-state index contributed by atoms with van der Waals surface area (Å²) in [5, 5.41) is 30.0. The molecule has 0 fully saturated rings. The summed E-state index contributed by atoms with van der Waals surface area (Å²) in [6, 6.07) is 2.26. The molecule has 2 unspecified atom stereocenters. The summed E-state index contributed by atoms with van der Waals surface area (Å²) >= 11 is 0. The lowest BCUT2D eigenvalue weighted by Crippen LogP contribution is -2.27. The zero-order valence-electron chi connectivity index (χ0n) is 12.1. The molecule has 5 nitrogen and oxygen atoms in total. The highest BCUT2D eigenvalue weighted by atomic mass is 16.3. The second kappa shape index (κ2) is 7.05. The summed E-state index contributed by atoms with van der Waals surface area (Å²) in [6.07, 6.45) is 1.54. The van der Waals surface area contributed by atoms with Gasteiger partial charge in [0, 0.05) is 12.6 Å². The topological polar surface area (TPSA) is 81.8 Å². The summed E-state index contributed by atoms with van der Waals surface area (Å²) < 4.78 is 0. The van der Waals surface area contributed by atoms with Gasteiger partial charge in [-0.25, -0.2) is 0 Å². The maximum atomic E-state index is 9.35. The van der Waals surface area contributed by atoms with E-state index in [0.717, 1.165) is 24.1 Å². The molecule has 0 amide bonds. The molecule has 0 aliphatic carbocycles. The normalized spacial score (nSPS) is 13.7. The Kier molecular flexibility index (Phi) is 5.71. The maximum Gasteiger partial charge on any atom is 0.167 e. The molecule has 104 valence electrons. The van der Waals surface area contributed by atoms with Gasteiger partial charge in [-0.1, -0.05) is 20.8 Å². The van der Waals surface area contributed by atoms with Crippen molar-refractivity contribution in [2.75, 3.05) is 11.9 Å². The number of rotatable bonds is 6. The second-order valence-electron chi connectivity index (χ2n) is 4.76. The number of nitriles is 1. The van der Waals surface area contributed by atoms with Gasteiger partial charge in [-0.3, -0.25) is 0 Å². The largest absolute Gasteiger partial charge is 0.396 e. The molecule has 0 saturated heterocycles. The van der Waals surface area contributed by atoms with E-state index in [1.165, 1.54) is 0 Å². The Morgan fingerprint density at radius 3 is 2.42 bits per heavy atom. The Balaban J connectivity index is 3.12. The second-order valence-corrected chi connectivity index (χ2v) is 4.76. The molecular formula is C14H22N4O. The number of aromatic nitrogens is 2. The Labute approximate surface area is 114 Å². The van der Waals surface area contributed by atoms with Gasteiger partial charge in [-0.2, -0.15) is 10.4 Å². The van der Waals surface area contributed by atoms with Crippen LogP contribution < -0.4 is 5.32 Å². The van der Waals surface area contributed by atoms with Gasteiger partial charge in [0.2, 0.25) is 0 Å². The van der Waals surface area contributed by atoms with Crippen molar-refractivity contribution in [1.29, 1.82) is 5.26 Å². The molecule has 0 spiro atoms. The summed E-state index contributed by atoms with van der Waals surface area (Å²) in [4.78, 5) is 0. The van der Waals surface area contributed by atoms with E-state index in [9.17, 15) is 5.26 Å². The van der Waals surface area contributed by atoms with Crippen LogP contribution in [0.5, 0.6) is 0 Å². The van der Waals surface area contributed by atoms with E-state index in [0.29, 0.717) is 11.4 Å². The van der Waals surface area contributed by atoms with Gasteiger partial charge >= 0.3 is 0 Å². The number of aryl methyl sites for hydroxylation is 1. The quantitative estimate of drug-likeness (QED) is 0.818. The molecule has 0 aliphatic rings. The van der Waals surface area contributed by atoms with Crippen LogP contribution in [0.15, 0.2) is 0 Å². The predicted molar refractivity (Wildman–Crippen MR) is 74.8 cm³/mol. The van der Waals surface area contributed by atoms with Crippen molar-refractivity contribution in [3.63, 3.8) is 0 Å². The standard InChI is InChI=1S/C14H22N4O/c1-5-11-12(7-15)14(18-17-13(11)6-2)16-10(4)9(3)8-19/h9-10,19H,5-6,8H2,1-4H3,(H,16,18). The number of anilines is 1. The minimum atomic E-state index is 0.0311. The van der Waals surface area contributed by atoms with Crippen LogP contribution >= 0.6 is 0 Å². The summed E-state index contributed by atoms with van der Waals surface area (Å²) in [5.74, 6) is 0.605. The molecule has 2 N–H and O–H groups in total. The molecule has 0 aliphatic heterocycles. The molecule has 1 aromatic heterocycles. The van der Waals surface area contributed by atoms with E-state index in [1.54, 1.807) is 0 Å². The van der Waals surface area contributed by atoms with Gasteiger partial charge in [0.25, 0.3) is 0 Å². The Bertz CT molecular complexity index is 467. The van der Waals surface area contributed by atoms with Crippen LogP contribution in [0, 0.1) is 17.2 Å². The van der Waals surface area contributed by atoms with Gasteiger partial charge in [-0.05, 0) is 31.2 Å². The van der Waals surface area contributed by atoms with Crippen LogP contribution in [0.2, 0.25) is 0 Å². The fourth-order valence-electron chi connectivity index (χ4n) is 1.91. The molecular weight excluding hydrogens is 240 g/mol. The average Bonchev–Trinajstić information content (AvgIpc) is 2.45. The fraction of sp³-hybridized carbons (Fsp3) is 0.643. The first-order valence-electron chi connectivity index (χ1n) is 6.74. The first-order valence-corrected chi connectivity index (χ1v) is 6.74. The lowest BCUT2D eigenvalue weighted by Gasteiger charge is -2.21. The highest BCUT2D eigenvalue weighted by Crippen LogP contribution is 2.21. The zero-order chi connectivity index (χ0) is 14.4. The van der Waals surface area contributed by atoms with Crippen LogP contribution in [0.1, 0.15) is 44.5 Å². The Morgan fingerprint density at radius 1 is 1.26 bits per heavy atom. The Morgan fingerprint density at radius 2 is 1.95 bits per heavy atom. The molecule has 1 aromatic rings. The van der Waals surface area contributed by atoms with Crippen molar-refractivity contribution in [1.82, 2.24) is 10.2 Å². The van der Waals surface area contributed by atoms with Gasteiger partial charge in [0.05, 0.1) is 5.69 Å². The number of hydrogen-bond donors (Lipinski definition) is 2. The third kappa shape index (κ3) is 3.42. The Hall–Kier alpha value is -1.67. The minimum Gasteiger partial charge on any atom is -0.396 e. The molecule has 1 rings (SSSR count). The SMILES string of the molecule is CCc1nnc(NC(C)C(C)CO)c(C#N)c1CC. The monoisotopic (exact) mass is 262 g/mol. The third-order valence-corrected chi connectivity index (χ3v) is 3.46. The van der Waals surface area contributed by atoms with Gasteiger partial charge in [-0.15, -0.1) is 5.10 Å². The van der Waals surface area contributed by atoms with E-state index in [-0.39, 0.29) is 18.6 Å². The van der Waals surface area contributed by atoms with Gasteiger partial charge in [0.1, 0.15) is 11.6 Å². The summed E-state index contributed by atoms with van der Waals surface area (Å²) in [7, 11) is 0. The van der Waals surface area contributed by atoms with Crippen LogP contribution in [0.4, 0.5) is 5.82 Å². The van der Waals surface area contributed by atoms with E-state index in [2.05, 4.69) is 21.6 Å². The van der Waals surface area contributed by atoms with Crippen molar-refractivity contribution in [3.05, 3.63) is 16.8 Å². The smallest absolute Gasteiger partial charge is 0.167 e. The molecule has 5 heteroatoms. The minimum absolute atomic E-state index is 0.0311. The summed E-state index contributed by atoms with van der Waals surface area (Å²) in [6.45, 7) is 8.02. The number of aliphatic hydroxyl groups is 1. The van der Waals surface area contributed by atoms with Crippen LogP contribution in [-0.4, -0.2) is 28.0 Å². The highest BCUT2D eigenvalue weighted by Gasteiger charge is 2.18. The first-order chi connectivity index (χ1) is 9.08. The van der Waals surface area contributed by atoms with Gasteiger partial charge in [0.15, 0.2) is 5.82 Å². The van der Waals surface area contributed by atoms with Gasteiger partial charge < -0.3 is 10.4 Å². The van der Waals surface area contributed by atoms with Crippen molar-refractivity contribution in [3.8, 4) is 6.07 Å². The third-order valence-electron chi connectivity index (χ3n) is 3.46. The fourth-order valence-corrected chi connectivity index (χ4v) is 1.91. The number of aliphatic hydroxyl groups excluding tert-OH is 1. The van der Waals surface area contributed by atoms with E-state index < -0.39 is 0 Å². The average molecular weight is 262 g/mol. The van der Waals surface area contributed by atoms with E-state index in [1.807, 2.05) is 27.7 Å². The van der Waals surface area contributed by atoms with Crippen molar-refractivity contribution >= 4 is 5.82 Å². The molecule has 1 heterocycles. The first kappa shape index (κ1) is 15.4. The molecule has 0 radical (unpaired) electrons.